The van der Waals surface area contributed by atoms with Crippen LogP contribution in [0.5, 0.6) is 0 Å². The van der Waals surface area contributed by atoms with E-state index in [-0.39, 0.29) is 0 Å². The van der Waals surface area contributed by atoms with Crippen LogP contribution >= 0.6 is 0 Å². The molecule has 2 aromatic rings. The maximum atomic E-state index is 5.15. The van der Waals surface area contributed by atoms with Crippen LogP contribution in [0, 0.1) is 6.92 Å². The van der Waals surface area contributed by atoms with E-state index in [1.807, 2.05) is 38.1 Å². The summed E-state index contributed by atoms with van der Waals surface area (Å²) >= 11 is 0. The van der Waals surface area contributed by atoms with Crippen molar-refractivity contribution in [2.24, 2.45) is 0 Å². The molecule has 1 atom stereocenters. The molecule has 0 saturated carbocycles. The second-order valence-electron chi connectivity index (χ2n) is 6.28. The van der Waals surface area contributed by atoms with Crippen LogP contribution in [0.1, 0.15) is 24.3 Å². The number of piperidine rings is 1. The minimum absolute atomic E-state index is 0.356. The Labute approximate surface area is 136 Å². The highest BCUT2D eigenvalue weighted by atomic mass is 16.5. The van der Waals surface area contributed by atoms with Crippen molar-refractivity contribution in [1.29, 1.82) is 0 Å². The second-order valence-corrected chi connectivity index (χ2v) is 6.28. The molecule has 0 aromatic carbocycles. The molecule has 0 bridgehead atoms. The first-order valence-electron chi connectivity index (χ1n) is 8.01. The molecule has 7 nitrogen and oxygen atoms in total. The van der Waals surface area contributed by atoms with Gasteiger partial charge in [-0.1, -0.05) is 5.16 Å². The maximum Gasteiger partial charge on any atom is 0.224 e. The van der Waals surface area contributed by atoms with Gasteiger partial charge in [-0.15, -0.1) is 0 Å². The summed E-state index contributed by atoms with van der Waals surface area (Å²) in [5, 5.41) is 7.55. The van der Waals surface area contributed by atoms with Crippen molar-refractivity contribution >= 4 is 11.8 Å². The SMILES string of the molecule is Cc1cc(CN2CCCC(Nc3nccc(N(C)C)n3)C2)no1. The number of hydrogen-bond acceptors (Lipinski definition) is 7. The Morgan fingerprint density at radius 2 is 2.30 bits per heavy atom. The smallest absolute Gasteiger partial charge is 0.224 e. The lowest BCUT2D eigenvalue weighted by molar-refractivity contribution is 0.203. The largest absolute Gasteiger partial charge is 0.363 e. The van der Waals surface area contributed by atoms with Crippen LogP contribution in [0.2, 0.25) is 0 Å². The first-order chi connectivity index (χ1) is 11.1. The monoisotopic (exact) mass is 316 g/mol. The van der Waals surface area contributed by atoms with Crippen LogP contribution in [0.15, 0.2) is 22.9 Å². The van der Waals surface area contributed by atoms with Gasteiger partial charge in [-0.3, -0.25) is 4.90 Å². The Bertz CT molecular complexity index is 641. The molecule has 3 heterocycles. The van der Waals surface area contributed by atoms with Crippen molar-refractivity contribution in [3.05, 3.63) is 29.8 Å². The number of aryl methyl sites for hydroxylation is 1. The molecule has 1 unspecified atom stereocenters. The molecule has 2 aromatic heterocycles. The predicted octanol–water partition coefficient (Wildman–Crippen LogP) is 1.92. The van der Waals surface area contributed by atoms with Crippen molar-refractivity contribution in [3.63, 3.8) is 0 Å². The van der Waals surface area contributed by atoms with E-state index in [4.69, 9.17) is 4.52 Å². The highest BCUT2D eigenvalue weighted by molar-refractivity contribution is 5.41. The molecule has 0 aliphatic carbocycles. The molecule has 1 aliphatic heterocycles. The number of aromatic nitrogens is 3. The fourth-order valence-corrected chi connectivity index (χ4v) is 2.89. The molecule has 0 radical (unpaired) electrons. The van der Waals surface area contributed by atoms with Gasteiger partial charge in [0.1, 0.15) is 11.6 Å². The molecule has 1 fully saturated rings. The molecule has 1 aliphatic rings. The lowest BCUT2D eigenvalue weighted by Crippen LogP contribution is -2.42. The molecule has 0 amide bonds. The fraction of sp³-hybridized carbons (Fsp3) is 0.562. The van der Waals surface area contributed by atoms with Crippen LogP contribution in [-0.2, 0) is 6.54 Å². The summed E-state index contributed by atoms with van der Waals surface area (Å²) in [5.41, 5.74) is 0.994. The Hall–Kier alpha value is -2.15. The molecular weight excluding hydrogens is 292 g/mol. The van der Waals surface area contributed by atoms with Gasteiger partial charge < -0.3 is 14.7 Å². The van der Waals surface area contributed by atoms with Crippen molar-refractivity contribution in [2.45, 2.75) is 32.4 Å². The Morgan fingerprint density at radius 3 is 3.04 bits per heavy atom. The zero-order chi connectivity index (χ0) is 16.2. The van der Waals surface area contributed by atoms with E-state index in [2.05, 4.69) is 25.3 Å². The quantitative estimate of drug-likeness (QED) is 0.903. The molecule has 3 rings (SSSR count). The van der Waals surface area contributed by atoms with Crippen LogP contribution in [-0.4, -0.2) is 53.3 Å². The summed E-state index contributed by atoms with van der Waals surface area (Å²) in [6, 6.07) is 4.26. The highest BCUT2D eigenvalue weighted by Crippen LogP contribution is 2.17. The van der Waals surface area contributed by atoms with Crippen molar-refractivity contribution in [1.82, 2.24) is 20.0 Å². The molecule has 23 heavy (non-hydrogen) atoms. The topological polar surface area (TPSA) is 70.3 Å². The van der Waals surface area contributed by atoms with Gasteiger partial charge in [-0.2, -0.15) is 4.98 Å². The van der Waals surface area contributed by atoms with E-state index in [1.54, 1.807) is 6.20 Å². The number of rotatable bonds is 5. The molecule has 124 valence electrons. The third kappa shape index (κ3) is 4.19. The van der Waals surface area contributed by atoms with Crippen LogP contribution in [0.4, 0.5) is 11.8 Å². The minimum Gasteiger partial charge on any atom is -0.363 e. The van der Waals surface area contributed by atoms with Crippen LogP contribution in [0.3, 0.4) is 0 Å². The molecular formula is C16H24N6O. The zero-order valence-electron chi connectivity index (χ0n) is 14.0. The lowest BCUT2D eigenvalue weighted by Gasteiger charge is -2.32. The summed E-state index contributed by atoms with van der Waals surface area (Å²) in [5.74, 6) is 2.47. The Morgan fingerprint density at radius 1 is 1.43 bits per heavy atom. The van der Waals surface area contributed by atoms with E-state index < -0.39 is 0 Å². The van der Waals surface area contributed by atoms with E-state index in [1.165, 1.54) is 0 Å². The summed E-state index contributed by atoms with van der Waals surface area (Å²) < 4.78 is 5.15. The highest BCUT2D eigenvalue weighted by Gasteiger charge is 2.21. The summed E-state index contributed by atoms with van der Waals surface area (Å²) in [7, 11) is 3.96. The summed E-state index contributed by atoms with van der Waals surface area (Å²) in [6.45, 7) is 4.80. The van der Waals surface area contributed by atoms with Gasteiger partial charge in [-0.05, 0) is 32.4 Å². The maximum absolute atomic E-state index is 5.15. The van der Waals surface area contributed by atoms with E-state index in [9.17, 15) is 0 Å². The lowest BCUT2D eigenvalue weighted by atomic mass is 10.1. The average molecular weight is 316 g/mol. The molecule has 7 heteroatoms. The van der Waals surface area contributed by atoms with Gasteiger partial charge in [-0.25, -0.2) is 4.98 Å². The molecule has 1 saturated heterocycles. The van der Waals surface area contributed by atoms with Crippen LogP contribution in [0.25, 0.3) is 0 Å². The first kappa shape index (κ1) is 15.7. The summed E-state index contributed by atoms with van der Waals surface area (Å²) in [6.07, 6.45) is 4.08. The van der Waals surface area contributed by atoms with Gasteiger partial charge in [0.15, 0.2) is 0 Å². The minimum atomic E-state index is 0.356. The Kier molecular flexibility index (Phi) is 4.76. The number of nitrogens with one attached hydrogen (secondary N) is 1. The van der Waals surface area contributed by atoms with E-state index >= 15 is 0 Å². The average Bonchev–Trinajstić information content (AvgIpc) is 2.93. The van der Waals surface area contributed by atoms with Gasteiger partial charge in [0.2, 0.25) is 5.95 Å². The number of likely N-dealkylation sites (tertiary alicyclic amines) is 1. The van der Waals surface area contributed by atoms with E-state index in [0.717, 1.165) is 49.7 Å². The Balaban J connectivity index is 1.59. The molecule has 0 spiro atoms. The number of anilines is 2. The number of hydrogen-bond donors (Lipinski definition) is 1. The third-order valence-corrected chi connectivity index (χ3v) is 4.00. The first-order valence-corrected chi connectivity index (χ1v) is 8.01. The second kappa shape index (κ2) is 6.95. The van der Waals surface area contributed by atoms with Crippen molar-refractivity contribution in [3.8, 4) is 0 Å². The number of nitrogens with zero attached hydrogens (tertiary/aromatic N) is 5. The zero-order valence-corrected chi connectivity index (χ0v) is 14.0. The van der Waals surface area contributed by atoms with E-state index in [0.29, 0.717) is 12.0 Å². The predicted molar refractivity (Wildman–Crippen MR) is 89.5 cm³/mol. The summed E-state index contributed by atoms with van der Waals surface area (Å²) in [4.78, 5) is 13.2. The van der Waals surface area contributed by atoms with Crippen molar-refractivity contribution < 1.29 is 4.52 Å². The fourth-order valence-electron chi connectivity index (χ4n) is 2.89. The van der Waals surface area contributed by atoms with Gasteiger partial charge in [0, 0.05) is 45.5 Å². The normalized spacial score (nSPS) is 18.8. The van der Waals surface area contributed by atoms with Gasteiger partial charge >= 0.3 is 0 Å². The van der Waals surface area contributed by atoms with Gasteiger partial charge in [0.05, 0.1) is 5.69 Å². The third-order valence-electron chi connectivity index (χ3n) is 4.00. The van der Waals surface area contributed by atoms with Crippen LogP contribution < -0.4 is 10.2 Å². The van der Waals surface area contributed by atoms with Gasteiger partial charge in [0.25, 0.3) is 0 Å². The molecule has 1 N–H and O–H groups in total. The standard InChI is InChI=1S/C16H24N6O/c1-12-9-14(20-23-12)11-22-8-4-5-13(10-22)18-16-17-7-6-15(19-16)21(2)3/h6-7,9,13H,4-5,8,10-11H2,1-3H3,(H,17,18,19). The van der Waals surface area contributed by atoms with Crippen molar-refractivity contribution in [2.75, 3.05) is 37.4 Å².